The van der Waals surface area contributed by atoms with E-state index in [0.29, 0.717) is 5.92 Å². The molecule has 1 heteroatoms. The van der Waals surface area contributed by atoms with E-state index in [1.165, 1.54) is 0 Å². The Morgan fingerprint density at radius 2 is 2.10 bits per heavy atom. The van der Waals surface area contributed by atoms with Crippen LogP contribution >= 0.6 is 0 Å². The Kier molecular flexibility index (Phi) is 3.46. The van der Waals surface area contributed by atoms with Gasteiger partial charge in [-0.25, -0.2) is 0 Å². The highest BCUT2D eigenvalue weighted by atomic mass is 14.5. The van der Waals surface area contributed by atoms with Crippen LogP contribution in [0.3, 0.4) is 0 Å². The first-order valence-corrected chi connectivity index (χ1v) is 3.72. The Morgan fingerprint density at radius 1 is 1.60 bits per heavy atom. The van der Waals surface area contributed by atoms with Gasteiger partial charge in [0.25, 0.3) is 0 Å². The number of terminal acetylenes is 1. The molecule has 0 bridgehead atoms. The minimum Gasteiger partial charge on any atom is -0.330 e. The Balaban J connectivity index is 3.94. The van der Waals surface area contributed by atoms with Crippen LogP contribution in [0, 0.1) is 23.7 Å². The SMILES string of the molecule is C#CC(C)(C)C(C)CCN. The van der Waals surface area contributed by atoms with Crippen LogP contribution in [0.1, 0.15) is 27.2 Å². The van der Waals surface area contributed by atoms with Gasteiger partial charge < -0.3 is 5.73 Å². The minimum absolute atomic E-state index is 0.000625. The molecule has 58 valence electrons. The molecule has 0 aromatic rings. The highest BCUT2D eigenvalue weighted by Crippen LogP contribution is 2.27. The largest absolute Gasteiger partial charge is 0.330 e. The molecule has 0 spiro atoms. The molecule has 0 radical (unpaired) electrons. The number of hydrogen-bond donors (Lipinski definition) is 1. The summed E-state index contributed by atoms with van der Waals surface area (Å²) in [6.07, 6.45) is 6.36. The van der Waals surface area contributed by atoms with Crippen LogP contribution in [0.4, 0.5) is 0 Å². The van der Waals surface area contributed by atoms with Gasteiger partial charge in [-0.2, -0.15) is 0 Å². The van der Waals surface area contributed by atoms with Gasteiger partial charge in [0.15, 0.2) is 0 Å². The van der Waals surface area contributed by atoms with E-state index in [-0.39, 0.29) is 5.41 Å². The molecule has 2 N–H and O–H groups in total. The van der Waals surface area contributed by atoms with E-state index in [9.17, 15) is 0 Å². The second kappa shape index (κ2) is 3.63. The van der Waals surface area contributed by atoms with Crippen LogP contribution < -0.4 is 5.73 Å². The third-order valence-corrected chi connectivity index (χ3v) is 2.20. The summed E-state index contributed by atoms with van der Waals surface area (Å²) in [6, 6.07) is 0. The lowest BCUT2D eigenvalue weighted by Gasteiger charge is -2.25. The van der Waals surface area contributed by atoms with Crippen LogP contribution in [0.2, 0.25) is 0 Å². The van der Waals surface area contributed by atoms with Crippen LogP contribution in [-0.2, 0) is 0 Å². The average molecular weight is 139 g/mol. The topological polar surface area (TPSA) is 26.0 Å². The maximum Gasteiger partial charge on any atom is 0.0281 e. The minimum atomic E-state index is -0.000625. The molecule has 0 aromatic carbocycles. The van der Waals surface area contributed by atoms with Crippen molar-refractivity contribution in [1.29, 1.82) is 0 Å². The van der Waals surface area contributed by atoms with Gasteiger partial charge in [-0.3, -0.25) is 0 Å². The van der Waals surface area contributed by atoms with Crippen molar-refractivity contribution in [3.05, 3.63) is 0 Å². The highest BCUT2D eigenvalue weighted by molar-refractivity contribution is 5.02. The first-order valence-electron chi connectivity index (χ1n) is 3.72. The summed E-state index contributed by atoms with van der Waals surface area (Å²) in [5.74, 6) is 3.29. The second-order valence-corrected chi connectivity index (χ2v) is 3.34. The molecule has 1 unspecified atom stereocenters. The Labute approximate surface area is 64.0 Å². The van der Waals surface area contributed by atoms with Gasteiger partial charge in [0.05, 0.1) is 0 Å². The van der Waals surface area contributed by atoms with Gasteiger partial charge in [-0.05, 0) is 32.7 Å². The van der Waals surface area contributed by atoms with Gasteiger partial charge in [0.2, 0.25) is 0 Å². The summed E-state index contributed by atoms with van der Waals surface area (Å²) >= 11 is 0. The summed E-state index contributed by atoms with van der Waals surface area (Å²) < 4.78 is 0. The van der Waals surface area contributed by atoms with Gasteiger partial charge in [0.1, 0.15) is 0 Å². The molecule has 0 fully saturated rings. The normalized spacial score (nSPS) is 14.3. The summed E-state index contributed by atoms with van der Waals surface area (Å²) in [7, 11) is 0. The fourth-order valence-corrected chi connectivity index (χ4v) is 0.753. The third kappa shape index (κ3) is 2.41. The molecule has 0 heterocycles. The van der Waals surface area contributed by atoms with Crippen molar-refractivity contribution in [2.75, 3.05) is 6.54 Å². The molecule has 0 saturated heterocycles. The van der Waals surface area contributed by atoms with E-state index >= 15 is 0 Å². The Bertz CT molecular complexity index is 130. The van der Waals surface area contributed by atoms with Crippen molar-refractivity contribution in [3.63, 3.8) is 0 Å². The molecule has 0 aliphatic carbocycles. The van der Waals surface area contributed by atoms with E-state index < -0.39 is 0 Å². The predicted octanol–water partition coefficient (Wildman–Crippen LogP) is 1.63. The van der Waals surface area contributed by atoms with Gasteiger partial charge in [-0.15, -0.1) is 12.3 Å². The molecule has 0 rings (SSSR count). The standard InChI is InChI=1S/C9H17N/c1-5-9(3,4)8(2)6-7-10/h1,8H,6-7,10H2,2-4H3. The van der Waals surface area contributed by atoms with Crippen molar-refractivity contribution in [3.8, 4) is 12.3 Å². The molecular formula is C9H17N. The molecule has 0 saturated carbocycles. The van der Waals surface area contributed by atoms with E-state index in [4.69, 9.17) is 12.2 Å². The average Bonchev–Trinajstić information content (AvgIpc) is 1.89. The summed E-state index contributed by atoms with van der Waals surface area (Å²) in [6.45, 7) is 7.03. The Morgan fingerprint density at radius 3 is 2.40 bits per heavy atom. The summed E-state index contributed by atoms with van der Waals surface area (Å²) in [5.41, 5.74) is 5.41. The lowest BCUT2D eigenvalue weighted by atomic mass is 9.79. The van der Waals surface area contributed by atoms with Crippen LogP contribution in [0.5, 0.6) is 0 Å². The van der Waals surface area contributed by atoms with Crippen molar-refractivity contribution >= 4 is 0 Å². The van der Waals surface area contributed by atoms with Gasteiger partial charge in [0, 0.05) is 5.41 Å². The van der Waals surface area contributed by atoms with Crippen molar-refractivity contribution in [1.82, 2.24) is 0 Å². The molecule has 10 heavy (non-hydrogen) atoms. The van der Waals surface area contributed by atoms with Crippen LogP contribution in [0.25, 0.3) is 0 Å². The lowest BCUT2D eigenvalue weighted by Crippen LogP contribution is -2.21. The number of nitrogens with two attached hydrogens (primary N) is 1. The molecule has 1 nitrogen and oxygen atoms in total. The maximum absolute atomic E-state index is 5.41. The zero-order chi connectivity index (χ0) is 8.20. The van der Waals surface area contributed by atoms with E-state index in [1.807, 2.05) is 0 Å². The van der Waals surface area contributed by atoms with Crippen LogP contribution in [0.15, 0.2) is 0 Å². The fourth-order valence-electron chi connectivity index (χ4n) is 0.753. The van der Waals surface area contributed by atoms with E-state index in [0.717, 1.165) is 13.0 Å². The first-order chi connectivity index (χ1) is 4.54. The van der Waals surface area contributed by atoms with Crippen molar-refractivity contribution in [2.24, 2.45) is 17.1 Å². The van der Waals surface area contributed by atoms with E-state index in [1.54, 1.807) is 0 Å². The predicted molar refractivity (Wildman–Crippen MR) is 45.4 cm³/mol. The molecule has 0 aliphatic heterocycles. The maximum atomic E-state index is 5.41. The smallest absolute Gasteiger partial charge is 0.0281 e. The van der Waals surface area contributed by atoms with Crippen molar-refractivity contribution < 1.29 is 0 Å². The third-order valence-electron chi connectivity index (χ3n) is 2.20. The van der Waals surface area contributed by atoms with Crippen molar-refractivity contribution in [2.45, 2.75) is 27.2 Å². The monoisotopic (exact) mass is 139 g/mol. The molecule has 0 aliphatic rings. The fraction of sp³-hybridized carbons (Fsp3) is 0.778. The molecule has 0 amide bonds. The lowest BCUT2D eigenvalue weighted by molar-refractivity contribution is 0.308. The molecule has 1 atom stereocenters. The molecular weight excluding hydrogens is 122 g/mol. The van der Waals surface area contributed by atoms with E-state index in [2.05, 4.69) is 26.7 Å². The summed E-state index contributed by atoms with van der Waals surface area (Å²) in [5, 5.41) is 0. The Hall–Kier alpha value is -0.480. The quantitative estimate of drug-likeness (QED) is 0.591. The van der Waals surface area contributed by atoms with Gasteiger partial charge in [-0.1, -0.05) is 6.92 Å². The number of rotatable bonds is 3. The first kappa shape index (κ1) is 9.52. The zero-order valence-electron chi connectivity index (χ0n) is 7.15. The summed E-state index contributed by atoms with van der Waals surface area (Å²) in [4.78, 5) is 0. The highest BCUT2D eigenvalue weighted by Gasteiger charge is 2.21. The second-order valence-electron chi connectivity index (χ2n) is 3.34. The zero-order valence-corrected chi connectivity index (χ0v) is 7.15. The molecule has 0 aromatic heterocycles. The number of hydrogen-bond acceptors (Lipinski definition) is 1. The van der Waals surface area contributed by atoms with Gasteiger partial charge >= 0.3 is 0 Å². The van der Waals surface area contributed by atoms with Crippen LogP contribution in [-0.4, -0.2) is 6.54 Å².